The minimum absolute atomic E-state index is 0.177. The van der Waals surface area contributed by atoms with Gasteiger partial charge in [-0.25, -0.2) is 0 Å². The van der Waals surface area contributed by atoms with Crippen molar-refractivity contribution in [1.82, 2.24) is 0 Å². The van der Waals surface area contributed by atoms with Gasteiger partial charge in [0.1, 0.15) is 0 Å². The van der Waals surface area contributed by atoms with Crippen molar-refractivity contribution in [2.75, 3.05) is 5.88 Å². The van der Waals surface area contributed by atoms with Gasteiger partial charge in [-0.1, -0.05) is 41.9 Å². The number of benzene rings is 1. The number of hydrogen-bond acceptors (Lipinski definition) is 1. The minimum Gasteiger partial charge on any atom is -0.168 e. The Morgan fingerprint density at radius 2 is 1.69 bits per heavy atom. The Morgan fingerprint density at radius 3 is 2.12 bits per heavy atom. The summed E-state index contributed by atoms with van der Waals surface area (Å²) in [6.45, 7) is 0. The van der Waals surface area contributed by atoms with Gasteiger partial charge in [0.05, 0.1) is 5.88 Å². The number of halogens is 5. The average molecular weight is 289 g/mol. The SMILES string of the molecule is FC(F)(F)C(Cl)(CCl)SCc1ccccc1. The lowest BCUT2D eigenvalue weighted by molar-refractivity contribution is -0.134. The lowest BCUT2D eigenvalue weighted by atomic mass is 10.2. The summed E-state index contributed by atoms with van der Waals surface area (Å²) in [7, 11) is 0. The van der Waals surface area contributed by atoms with Crippen LogP contribution in [0.25, 0.3) is 0 Å². The first kappa shape index (κ1) is 14.0. The van der Waals surface area contributed by atoms with Gasteiger partial charge in [-0.05, 0) is 5.56 Å². The van der Waals surface area contributed by atoms with E-state index in [0.717, 1.165) is 5.56 Å². The van der Waals surface area contributed by atoms with Gasteiger partial charge in [0, 0.05) is 5.75 Å². The molecule has 0 aliphatic heterocycles. The largest absolute Gasteiger partial charge is 0.418 e. The molecule has 0 fully saturated rings. The van der Waals surface area contributed by atoms with Crippen molar-refractivity contribution in [1.29, 1.82) is 0 Å². The molecule has 90 valence electrons. The lowest BCUT2D eigenvalue weighted by Crippen LogP contribution is -2.38. The van der Waals surface area contributed by atoms with Crippen LogP contribution in [0.15, 0.2) is 30.3 Å². The molecule has 1 unspecified atom stereocenters. The molecule has 0 saturated heterocycles. The molecule has 0 aromatic heterocycles. The maximum atomic E-state index is 12.6. The van der Waals surface area contributed by atoms with Gasteiger partial charge in [-0.15, -0.1) is 23.4 Å². The standard InChI is InChI=1S/C10H9Cl2F3S/c11-7-9(12,10(13,14)15)16-6-8-4-2-1-3-5-8/h1-5H,6-7H2. The fourth-order valence-electron chi connectivity index (χ4n) is 0.968. The van der Waals surface area contributed by atoms with E-state index in [-0.39, 0.29) is 5.75 Å². The molecule has 1 aromatic rings. The fraction of sp³-hybridized carbons (Fsp3) is 0.400. The second kappa shape index (κ2) is 5.52. The Hall–Kier alpha value is -0.0600. The quantitative estimate of drug-likeness (QED) is 0.727. The summed E-state index contributed by atoms with van der Waals surface area (Å²) in [5.41, 5.74) is 0.784. The van der Waals surface area contributed by atoms with Gasteiger partial charge in [0.2, 0.25) is 0 Å². The molecule has 0 aliphatic carbocycles. The smallest absolute Gasteiger partial charge is 0.168 e. The van der Waals surface area contributed by atoms with Gasteiger partial charge >= 0.3 is 6.18 Å². The molecular weight excluding hydrogens is 280 g/mol. The first-order valence-corrected chi connectivity index (χ1v) is 6.28. The molecule has 1 atom stereocenters. The summed E-state index contributed by atoms with van der Waals surface area (Å²) < 4.78 is 35.3. The Labute approximate surface area is 106 Å². The van der Waals surface area contributed by atoms with Crippen LogP contribution in [0.3, 0.4) is 0 Å². The predicted octanol–water partition coefficient (Wildman–Crippen LogP) is 4.66. The van der Waals surface area contributed by atoms with E-state index in [2.05, 4.69) is 0 Å². The van der Waals surface area contributed by atoms with Crippen LogP contribution in [0.5, 0.6) is 0 Å². The highest BCUT2D eigenvalue weighted by atomic mass is 35.5. The molecule has 0 bridgehead atoms. The van der Waals surface area contributed by atoms with Gasteiger partial charge < -0.3 is 0 Å². The highest BCUT2D eigenvalue weighted by Gasteiger charge is 2.53. The molecule has 0 spiro atoms. The van der Waals surface area contributed by atoms with Crippen LogP contribution < -0.4 is 0 Å². The molecule has 6 heteroatoms. The molecule has 0 aliphatic rings. The van der Waals surface area contributed by atoms with E-state index in [0.29, 0.717) is 11.8 Å². The van der Waals surface area contributed by atoms with Crippen molar-refractivity contribution < 1.29 is 13.2 Å². The van der Waals surface area contributed by atoms with E-state index in [1.807, 2.05) is 0 Å². The van der Waals surface area contributed by atoms with E-state index in [1.165, 1.54) is 0 Å². The third-order valence-electron chi connectivity index (χ3n) is 1.91. The van der Waals surface area contributed by atoms with Gasteiger partial charge in [0.25, 0.3) is 0 Å². The van der Waals surface area contributed by atoms with Crippen LogP contribution in [0, 0.1) is 0 Å². The number of alkyl halides is 5. The second-order valence-electron chi connectivity index (χ2n) is 3.13. The predicted molar refractivity (Wildman–Crippen MR) is 63.1 cm³/mol. The zero-order chi connectivity index (χ0) is 12.2. The third kappa shape index (κ3) is 3.47. The topological polar surface area (TPSA) is 0 Å². The molecule has 0 nitrogen and oxygen atoms in total. The zero-order valence-electron chi connectivity index (χ0n) is 8.10. The Balaban J connectivity index is 2.66. The van der Waals surface area contributed by atoms with Crippen molar-refractivity contribution >= 4 is 35.0 Å². The van der Waals surface area contributed by atoms with E-state index >= 15 is 0 Å². The minimum atomic E-state index is -4.52. The second-order valence-corrected chi connectivity index (χ2v) is 5.54. The van der Waals surface area contributed by atoms with Gasteiger partial charge in [-0.2, -0.15) is 13.2 Å². The highest BCUT2D eigenvalue weighted by molar-refractivity contribution is 8.01. The molecule has 16 heavy (non-hydrogen) atoms. The summed E-state index contributed by atoms with van der Waals surface area (Å²) in [5.74, 6) is -0.494. The van der Waals surface area contributed by atoms with E-state index in [9.17, 15) is 13.2 Å². The third-order valence-corrected chi connectivity index (χ3v) is 4.59. The number of thioether (sulfide) groups is 1. The molecule has 1 aromatic carbocycles. The van der Waals surface area contributed by atoms with Crippen molar-refractivity contribution in [2.24, 2.45) is 0 Å². The van der Waals surface area contributed by atoms with Crippen LogP contribution >= 0.6 is 35.0 Å². The molecule has 0 N–H and O–H groups in total. The van der Waals surface area contributed by atoms with Crippen LogP contribution in [-0.4, -0.2) is 16.3 Å². The molecule has 0 amide bonds. The Morgan fingerprint density at radius 1 is 1.12 bits per heavy atom. The normalized spacial score (nSPS) is 15.8. The van der Waals surface area contributed by atoms with E-state index in [1.54, 1.807) is 30.3 Å². The fourth-order valence-corrected chi connectivity index (χ4v) is 2.34. The highest BCUT2D eigenvalue weighted by Crippen LogP contribution is 2.46. The van der Waals surface area contributed by atoms with Crippen molar-refractivity contribution in [3.05, 3.63) is 35.9 Å². The van der Waals surface area contributed by atoms with Crippen molar-refractivity contribution in [2.45, 2.75) is 16.1 Å². The molecule has 1 rings (SSSR count). The average Bonchev–Trinajstić information content (AvgIpc) is 2.26. The summed E-state index contributed by atoms with van der Waals surface area (Å²) in [6.07, 6.45) is -4.52. The zero-order valence-corrected chi connectivity index (χ0v) is 10.4. The summed E-state index contributed by atoms with van der Waals surface area (Å²) >= 11 is 11.3. The molecule has 0 radical (unpaired) electrons. The molecular formula is C10H9Cl2F3S. The summed E-state index contributed by atoms with van der Waals surface area (Å²) in [6, 6.07) is 8.82. The van der Waals surface area contributed by atoms with Crippen LogP contribution in [0.4, 0.5) is 13.2 Å². The summed E-state index contributed by atoms with van der Waals surface area (Å²) in [4.78, 5) is 0. The Bertz CT molecular complexity index is 329. The molecule has 0 saturated carbocycles. The van der Waals surface area contributed by atoms with Crippen molar-refractivity contribution in [3.8, 4) is 0 Å². The molecule has 0 heterocycles. The van der Waals surface area contributed by atoms with Crippen molar-refractivity contribution in [3.63, 3.8) is 0 Å². The van der Waals surface area contributed by atoms with E-state index in [4.69, 9.17) is 23.2 Å². The monoisotopic (exact) mass is 288 g/mol. The van der Waals surface area contributed by atoms with Crippen LogP contribution in [-0.2, 0) is 5.75 Å². The maximum absolute atomic E-state index is 12.6. The Kier molecular flexibility index (Phi) is 4.83. The first-order valence-electron chi connectivity index (χ1n) is 4.38. The van der Waals surface area contributed by atoms with E-state index < -0.39 is 16.3 Å². The number of hydrogen-bond donors (Lipinski definition) is 0. The first-order chi connectivity index (χ1) is 7.39. The van der Waals surface area contributed by atoms with Crippen LogP contribution in [0.2, 0.25) is 0 Å². The van der Waals surface area contributed by atoms with Crippen LogP contribution in [0.1, 0.15) is 5.56 Å². The van der Waals surface area contributed by atoms with Gasteiger partial charge in [0.15, 0.2) is 4.21 Å². The maximum Gasteiger partial charge on any atom is 0.418 e. The lowest BCUT2D eigenvalue weighted by Gasteiger charge is -2.26. The van der Waals surface area contributed by atoms with Gasteiger partial charge in [-0.3, -0.25) is 0 Å². The number of rotatable bonds is 4. The summed E-state index contributed by atoms with van der Waals surface area (Å²) in [5, 5.41) is 0.